The topological polar surface area (TPSA) is 86.2 Å². The normalized spacial score (nSPS) is 11.7. The highest BCUT2D eigenvalue weighted by molar-refractivity contribution is 6.05. The minimum atomic E-state index is -4.90. The molecule has 3 aromatic rings. The number of benzene rings is 1. The van der Waals surface area contributed by atoms with Gasteiger partial charge in [-0.2, -0.15) is 23.4 Å². The van der Waals surface area contributed by atoms with E-state index in [0.717, 1.165) is 24.3 Å². The summed E-state index contributed by atoms with van der Waals surface area (Å²) in [5, 5.41) is 9.36. The number of hydrogen-bond acceptors (Lipinski definition) is 6. The Hall–Kier alpha value is -3.90. The maximum atomic E-state index is 13.1. The van der Waals surface area contributed by atoms with Crippen LogP contribution in [0, 0.1) is 0 Å². The van der Waals surface area contributed by atoms with Crippen LogP contribution in [0.1, 0.15) is 15.9 Å². The number of ether oxygens (including phenoxy) is 2. The lowest BCUT2D eigenvalue weighted by atomic mass is 10.1. The first kappa shape index (κ1) is 21.8. The third kappa shape index (κ3) is 6.04. The Labute approximate surface area is 169 Å². The summed E-state index contributed by atoms with van der Waals surface area (Å²) in [6.07, 6.45) is -6.80. The van der Waals surface area contributed by atoms with Crippen molar-refractivity contribution in [2.75, 3.05) is 5.32 Å². The molecule has 2 aromatic heterocycles. The zero-order valence-corrected chi connectivity index (χ0v) is 15.0. The SMILES string of the molecule is O=C(Nc1ccnnc1)c1cc(C(F)(F)F)cnc1Oc1ccc(OC(F)(F)F)cc1. The Morgan fingerprint density at radius 2 is 1.58 bits per heavy atom. The Morgan fingerprint density at radius 3 is 2.16 bits per heavy atom. The van der Waals surface area contributed by atoms with Gasteiger partial charge in [-0.1, -0.05) is 0 Å². The number of alkyl halides is 6. The van der Waals surface area contributed by atoms with Crippen molar-refractivity contribution in [2.45, 2.75) is 12.5 Å². The molecule has 0 aliphatic carbocycles. The molecule has 0 unspecified atom stereocenters. The molecule has 0 bridgehead atoms. The molecule has 0 saturated heterocycles. The number of nitrogens with one attached hydrogen (secondary N) is 1. The van der Waals surface area contributed by atoms with Gasteiger partial charge >= 0.3 is 12.5 Å². The second kappa shape index (κ2) is 8.45. The van der Waals surface area contributed by atoms with Crippen molar-refractivity contribution in [1.82, 2.24) is 15.2 Å². The van der Waals surface area contributed by atoms with Crippen molar-refractivity contribution in [3.05, 3.63) is 66.1 Å². The van der Waals surface area contributed by atoms with Crippen molar-refractivity contribution in [1.29, 1.82) is 0 Å². The highest BCUT2D eigenvalue weighted by Gasteiger charge is 2.33. The quantitative estimate of drug-likeness (QED) is 0.568. The molecule has 0 fully saturated rings. The molecule has 162 valence electrons. The average molecular weight is 444 g/mol. The molecule has 1 aromatic carbocycles. The minimum absolute atomic E-state index is 0.0959. The van der Waals surface area contributed by atoms with Crippen LogP contribution in [0.2, 0.25) is 0 Å². The zero-order chi connectivity index (χ0) is 22.6. The van der Waals surface area contributed by atoms with Gasteiger partial charge in [0.25, 0.3) is 5.91 Å². The number of carbonyl (C=O) groups excluding carboxylic acids is 1. The van der Waals surface area contributed by atoms with Crippen LogP contribution in [0.3, 0.4) is 0 Å². The first-order chi connectivity index (χ1) is 14.5. The predicted molar refractivity (Wildman–Crippen MR) is 92.4 cm³/mol. The molecule has 0 aliphatic rings. The number of aromatic nitrogens is 3. The first-order valence-corrected chi connectivity index (χ1v) is 8.20. The van der Waals surface area contributed by atoms with Crippen LogP contribution in [0.4, 0.5) is 32.0 Å². The summed E-state index contributed by atoms with van der Waals surface area (Å²) in [6.45, 7) is 0. The molecule has 1 N–H and O–H groups in total. The molecular formula is C18H10F6N4O3. The summed E-state index contributed by atoms with van der Waals surface area (Å²) in [4.78, 5) is 16.1. The Balaban J connectivity index is 1.89. The smallest absolute Gasteiger partial charge is 0.438 e. The van der Waals surface area contributed by atoms with Crippen LogP contribution in [0.5, 0.6) is 17.4 Å². The van der Waals surface area contributed by atoms with E-state index < -0.39 is 41.2 Å². The number of anilines is 1. The van der Waals surface area contributed by atoms with E-state index in [-0.39, 0.29) is 11.4 Å². The molecule has 3 rings (SSSR count). The van der Waals surface area contributed by atoms with Crippen LogP contribution >= 0.6 is 0 Å². The van der Waals surface area contributed by atoms with Crippen LogP contribution in [-0.2, 0) is 6.18 Å². The van der Waals surface area contributed by atoms with Crippen LogP contribution < -0.4 is 14.8 Å². The number of rotatable bonds is 5. The van der Waals surface area contributed by atoms with Gasteiger partial charge in [-0.05, 0) is 36.4 Å². The molecular weight excluding hydrogens is 434 g/mol. The van der Waals surface area contributed by atoms with E-state index in [1.165, 1.54) is 18.5 Å². The monoisotopic (exact) mass is 444 g/mol. The van der Waals surface area contributed by atoms with Crippen LogP contribution in [0.25, 0.3) is 0 Å². The highest BCUT2D eigenvalue weighted by Crippen LogP contribution is 2.33. The fourth-order valence-corrected chi connectivity index (χ4v) is 2.24. The summed E-state index contributed by atoms with van der Waals surface area (Å²) in [7, 11) is 0. The maximum absolute atomic E-state index is 13.1. The Bertz CT molecular complexity index is 1060. The van der Waals surface area contributed by atoms with Crippen LogP contribution in [0.15, 0.2) is 55.0 Å². The first-order valence-electron chi connectivity index (χ1n) is 8.20. The van der Waals surface area contributed by atoms with E-state index >= 15 is 0 Å². The van der Waals surface area contributed by atoms with Crippen molar-refractivity contribution in [2.24, 2.45) is 0 Å². The van der Waals surface area contributed by atoms with E-state index in [2.05, 4.69) is 25.2 Å². The lowest BCUT2D eigenvalue weighted by Gasteiger charge is -2.14. The number of nitrogens with zero attached hydrogens (tertiary/aromatic N) is 3. The van der Waals surface area contributed by atoms with Gasteiger partial charge in [-0.25, -0.2) is 4.98 Å². The summed E-state index contributed by atoms with van der Waals surface area (Å²) in [5.74, 6) is -2.12. The number of hydrogen-bond donors (Lipinski definition) is 1. The van der Waals surface area contributed by atoms with E-state index in [9.17, 15) is 31.1 Å². The average Bonchev–Trinajstić information content (AvgIpc) is 2.68. The Kier molecular flexibility index (Phi) is 5.95. The van der Waals surface area contributed by atoms with E-state index in [1.807, 2.05) is 0 Å². The fourth-order valence-electron chi connectivity index (χ4n) is 2.24. The molecule has 7 nitrogen and oxygen atoms in total. The van der Waals surface area contributed by atoms with Crippen molar-refractivity contribution in [3.8, 4) is 17.4 Å². The minimum Gasteiger partial charge on any atom is -0.438 e. The van der Waals surface area contributed by atoms with Gasteiger partial charge in [0.1, 0.15) is 17.1 Å². The number of halogens is 6. The maximum Gasteiger partial charge on any atom is 0.573 e. The molecule has 2 heterocycles. The zero-order valence-electron chi connectivity index (χ0n) is 15.0. The van der Waals surface area contributed by atoms with E-state index in [4.69, 9.17) is 4.74 Å². The second-order valence-corrected chi connectivity index (χ2v) is 5.78. The van der Waals surface area contributed by atoms with Crippen molar-refractivity contribution >= 4 is 11.6 Å². The molecule has 0 atom stereocenters. The molecule has 0 radical (unpaired) electrons. The predicted octanol–water partition coefficient (Wildman–Crippen LogP) is 4.83. The summed E-state index contributed by atoms with van der Waals surface area (Å²) < 4.78 is 84.9. The number of carbonyl (C=O) groups is 1. The van der Waals surface area contributed by atoms with E-state index in [0.29, 0.717) is 12.3 Å². The van der Waals surface area contributed by atoms with Crippen molar-refractivity contribution < 1.29 is 40.6 Å². The van der Waals surface area contributed by atoms with Gasteiger partial charge < -0.3 is 14.8 Å². The van der Waals surface area contributed by atoms with Gasteiger partial charge in [0.2, 0.25) is 5.88 Å². The molecule has 31 heavy (non-hydrogen) atoms. The molecule has 13 heteroatoms. The molecule has 0 spiro atoms. The van der Waals surface area contributed by atoms with Gasteiger partial charge in [0.15, 0.2) is 0 Å². The van der Waals surface area contributed by atoms with Gasteiger partial charge in [0, 0.05) is 6.20 Å². The standard InChI is InChI=1S/C18H10F6N4O3/c19-17(20,21)10-7-14(15(29)28-11-5-6-26-27-9-11)16(25-8-10)30-12-1-3-13(4-2-12)31-18(22,23)24/h1-9H,(H,26,28,29). The number of amides is 1. The second-order valence-electron chi connectivity index (χ2n) is 5.78. The van der Waals surface area contributed by atoms with Gasteiger partial charge in [-0.3, -0.25) is 4.79 Å². The lowest BCUT2D eigenvalue weighted by Crippen LogP contribution is -2.17. The fraction of sp³-hybridized carbons (Fsp3) is 0.111. The largest absolute Gasteiger partial charge is 0.573 e. The molecule has 0 aliphatic heterocycles. The summed E-state index contributed by atoms with van der Waals surface area (Å²) in [5.41, 5.74) is -1.62. The highest BCUT2D eigenvalue weighted by atomic mass is 19.4. The van der Waals surface area contributed by atoms with Crippen molar-refractivity contribution in [3.63, 3.8) is 0 Å². The lowest BCUT2D eigenvalue weighted by molar-refractivity contribution is -0.274. The molecule has 0 saturated carbocycles. The third-order valence-electron chi connectivity index (χ3n) is 3.54. The number of pyridine rings is 1. The summed E-state index contributed by atoms with van der Waals surface area (Å²) in [6, 6.07) is 5.87. The van der Waals surface area contributed by atoms with Gasteiger partial charge in [-0.15, -0.1) is 13.2 Å². The van der Waals surface area contributed by atoms with Crippen LogP contribution in [-0.4, -0.2) is 27.5 Å². The Morgan fingerprint density at radius 1 is 0.903 bits per heavy atom. The van der Waals surface area contributed by atoms with Gasteiger partial charge in [0.05, 0.1) is 23.6 Å². The summed E-state index contributed by atoms with van der Waals surface area (Å²) >= 11 is 0. The van der Waals surface area contributed by atoms with E-state index in [1.54, 1.807) is 0 Å². The molecule has 1 amide bonds. The third-order valence-corrected chi connectivity index (χ3v) is 3.54.